The van der Waals surface area contributed by atoms with Crippen molar-refractivity contribution in [2.75, 3.05) is 65.1 Å². The number of benzene rings is 1. The Labute approximate surface area is 371 Å². The lowest BCUT2D eigenvalue weighted by Gasteiger charge is -2.39. The normalized spacial score (nSPS) is 16.8. The van der Waals surface area contributed by atoms with Crippen LogP contribution in [0.25, 0.3) is 0 Å². The Morgan fingerprint density at radius 1 is 0.919 bits per heavy atom. The molecule has 6 unspecified atom stereocenters. The first kappa shape index (κ1) is 52.3. The van der Waals surface area contributed by atoms with Crippen molar-refractivity contribution < 1.29 is 48.4 Å². The van der Waals surface area contributed by atoms with Gasteiger partial charge in [0.15, 0.2) is 0 Å². The minimum absolute atomic E-state index is 0.0254. The van der Waals surface area contributed by atoms with Crippen LogP contribution in [0.3, 0.4) is 0 Å². The average Bonchev–Trinajstić information content (AvgIpc) is 3.75. The second-order valence-electron chi connectivity index (χ2n) is 16.4. The van der Waals surface area contributed by atoms with E-state index in [1.807, 2.05) is 53.5 Å². The van der Waals surface area contributed by atoms with Gasteiger partial charge in [0.1, 0.15) is 28.9 Å². The number of aromatic nitrogens is 1. The third-order valence-corrected chi connectivity index (χ3v) is 12.1. The second kappa shape index (κ2) is 27.9. The number of rotatable bonds is 29. The molecule has 1 saturated heterocycles. The summed E-state index contributed by atoms with van der Waals surface area (Å²) in [6, 6.07) is 3.99. The fourth-order valence-corrected chi connectivity index (χ4v) is 8.09. The highest BCUT2D eigenvalue weighted by Crippen LogP contribution is 2.29. The van der Waals surface area contributed by atoms with E-state index in [1.165, 1.54) is 5.38 Å². The molecule has 4 amide bonds. The molecule has 2 aromatic rings. The van der Waals surface area contributed by atoms with Crippen molar-refractivity contribution in [1.29, 1.82) is 0 Å². The summed E-state index contributed by atoms with van der Waals surface area (Å²) in [4.78, 5) is 74.1. The molecular weight excluding hydrogens is 817 g/mol. The Morgan fingerprint density at radius 3 is 2.18 bits per heavy atom. The van der Waals surface area contributed by atoms with Gasteiger partial charge in [-0.1, -0.05) is 66.5 Å². The lowest BCUT2D eigenvalue weighted by Crippen LogP contribution is -2.58. The van der Waals surface area contributed by atoms with Gasteiger partial charge < -0.3 is 45.3 Å². The smallest absolute Gasteiger partial charge is 0.326 e. The SMILES string of the molecule is CCCOCCOCCOCCC(=O)Nc1ccc(CC(NC(=O)c2csc(C(O)CC(C(C)C)N(CCC)C(=O)C(NC(=O)C3CCCCN3C)C(C)CC)n2)C(=O)O)cc1. The van der Waals surface area contributed by atoms with Gasteiger partial charge in [-0.05, 0) is 68.8 Å². The van der Waals surface area contributed by atoms with Crippen molar-refractivity contribution in [2.45, 2.75) is 130 Å². The molecule has 6 atom stereocenters. The number of hydrogen-bond donors (Lipinski definition) is 5. The highest BCUT2D eigenvalue weighted by molar-refractivity contribution is 7.09. The number of carbonyl (C=O) groups is 5. The van der Waals surface area contributed by atoms with Gasteiger partial charge in [0, 0.05) is 43.1 Å². The van der Waals surface area contributed by atoms with E-state index in [1.54, 1.807) is 29.2 Å². The third-order valence-electron chi connectivity index (χ3n) is 11.1. The number of ether oxygens (including phenoxy) is 3. The highest BCUT2D eigenvalue weighted by atomic mass is 32.1. The second-order valence-corrected chi connectivity index (χ2v) is 17.3. The number of nitrogens with zero attached hydrogens (tertiary/aromatic N) is 3. The summed E-state index contributed by atoms with van der Waals surface area (Å²) >= 11 is 1.08. The summed E-state index contributed by atoms with van der Waals surface area (Å²) in [5, 5.41) is 31.7. The summed E-state index contributed by atoms with van der Waals surface area (Å²) in [5.74, 6) is -2.67. The molecule has 0 saturated carbocycles. The van der Waals surface area contributed by atoms with Crippen LogP contribution < -0.4 is 16.0 Å². The maximum Gasteiger partial charge on any atom is 0.326 e. The number of hydrogen-bond acceptors (Lipinski definition) is 12. The number of amides is 4. The van der Waals surface area contributed by atoms with E-state index in [0.717, 1.165) is 43.6 Å². The molecule has 1 aliphatic rings. The molecule has 1 aromatic carbocycles. The molecule has 62 heavy (non-hydrogen) atoms. The quantitative estimate of drug-likeness (QED) is 0.0680. The van der Waals surface area contributed by atoms with Gasteiger partial charge in [-0.2, -0.15) is 0 Å². The van der Waals surface area contributed by atoms with E-state index in [4.69, 9.17) is 14.2 Å². The molecule has 348 valence electrons. The maximum atomic E-state index is 14.4. The van der Waals surface area contributed by atoms with Crippen molar-refractivity contribution in [1.82, 2.24) is 25.4 Å². The van der Waals surface area contributed by atoms with Crippen LogP contribution in [0.1, 0.15) is 120 Å². The zero-order chi connectivity index (χ0) is 45.6. The average molecular weight is 889 g/mol. The number of aliphatic carboxylic acids is 1. The van der Waals surface area contributed by atoms with Gasteiger partial charge >= 0.3 is 5.97 Å². The first-order valence-corrected chi connectivity index (χ1v) is 23.2. The Kier molecular flexibility index (Phi) is 23.6. The third kappa shape index (κ3) is 17.3. The molecule has 17 heteroatoms. The number of carbonyl (C=O) groups excluding carboxylic acids is 4. The predicted octanol–water partition coefficient (Wildman–Crippen LogP) is 5.06. The van der Waals surface area contributed by atoms with Crippen molar-refractivity contribution in [3.8, 4) is 0 Å². The first-order chi connectivity index (χ1) is 29.7. The molecule has 1 aliphatic heterocycles. The number of carboxylic acids is 1. The molecule has 0 bridgehead atoms. The van der Waals surface area contributed by atoms with Gasteiger partial charge in [-0.15, -0.1) is 11.3 Å². The lowest BCUT2D eigenvalue weighted by molar-refractivity contribution is -0.142. The first-order valence-electron chi connectivity index (χ1n) is 22.3. The van der Waals surface area contributed by atoms with E-state index >= 15 is 0 Å². The Morgan fingerprint density at radius 2 is 1.58 bits per heavy atom. The van der Waals surface area contributed by atoms with Crippen LogP contribution in [0.2, 0.25) is 0 Å². The molecule has 1 aromatic heterocycles. The lowest BCUT2D eigenvalue weighted by atomic mass is 9.92. The van der Waals surface area contributed by atoms with Gasteiger partial charge in [0.05, 0.1) is 45.5 Å². The molecule has 5 N–H and O–H groups in total. The summed E-state index contributed by atoms with van der Waals surface area (Å²) in [6.45, 7) is 16.0. The number of anilines is 1. The van der Waals surface area contributed by atoms with Crippen LogP contribution in [0, 0.1) is 11.8 Å². The van der Waals surface area contributed by atoms with Crippen molar-refractivity contribution in [2.24, 2.45) is 11.8 Å². The zero-order valence-corrected chi connectivity index (χ0v) is 38.7. The fraction of sp³-hybridized carbons (Fsp3) is 0.689. The monoisotopic (exact) mass is 889 g/mol. The molecule has 0 spiro atoms. The molecular formula is C45H72N6O10S. The molecule has 2 heterocycles. The van der Waals surface area contributed by atoms with Crippen LogP contribution in [0.5, 0.6) is 0 Å². The predicted molar refractivity (Wildman–Crippen MR) is 239 cm³/mol. The topological polar surface area (TPSA) is 209 Å². The number of thiazole rings is 1. The van der Waals surface area contributed by atoms with Gasteiger partial charge in [0.2, 0.25) is 17.7 Å². The molecule has 1 fully saturated rings. The maximum absolute atomic E-state index is 14.4. The van der Waals surface area contributed by atoms with Crippen LogP contribution in [-0.2, 0) is 39.8 Å². The Hall–Kier alpha value is -4.00. The van der Waals surface area contributed by atoms with E-state index < -0.39 is 36.1 Å². The van der Waals surface area contributed by atoms with Crippen molar-refractivity contribution >= 4 is 46.6 Å². The Balaban J connectivity index is 1.57. The number of likely N-dealkylation sites (N-methyl/N-ethyl adjacent to an activating group) is 1. The van der Waals surface area contributed by atoms with Crippen molar-refractivity contribution in [3.05, 3.63) is 45.9 Å². The number of nitrogens with one attached hydrogen (secondary N) is 3. The van der Waals surface area contributed by atoms with E-state index in [0.29, 0.717) is 63.7 Å². The van der Waals surface area contributed by atoms with Gasteiger partial charge in [-0.25, -0.2) is 9.78 Å². The van der Waals surface area contributed by atoms with E-state index in [2.05, 4.69) is 20.9 Å². The zero-order valence-electron chi connectivity index (χ0n) is 37.9. The van der Waals surface area contributed by atoms with E-state index in [9.17, 15) is 34.2 Å². The van der Waals surface area contributed by atoms with Crippen LogP contribution >= 0.6 is 11.3 Å². The molecule has 3 rings (SSSR count). The van der Waals surface area contributed by atoms with Gasteiger partial charge in [0.25, 0.3) is 5.91 Å². The number of carboxylic acid groups (broad SMARTS) is 1. The largest absolute Gasteiger partial charge is 0.480 e. The van der Waals surface area contributed by atoms with Crippen LogP contribution in [0.4, 0.5) is 5.69 Å². The van der Waals surface area contributed by atoms with Gasteiger partial charge in [-0.3, -0.25) is 24.1 Å². The highest BCUT2D eigenvalue weighted by Gasteiger charge is 2.38. The number of aliphatic hydroxyl groups is 1. The minimum atomic E-state index is -1.28. The van der Waals surface area contributed by atoms with E-state index in [-0.39, 0.29) is 72.2 Å². The van der Waals surface area contributed by atoms with Crippen LogP contribution in [-0.4, -0.2) is 139 Å². The molecule has 16 nitrogen and oxygen atoms in total. The standard InChI is InChI=1S/C45H72N6O10S/c1-8-19-51(44(56)40(31(6)10-3)49-42(55)36-13-11-12-20-50(36)7)37(30(4)5)28-38(52)43-48-35(29-62-43)41(54)47-34(45(57)58)27-32-14-16-33(17-15-32)46-39(53)18-22-60-24-26-61-25-23-59-21-9-2/h14-17,29-31,34,36-38,40,52H,8-13,18-28H2,1-7H3,(H,46,53)(H,47,54)(H,49,55)(H,57,58). The summed E-state index contributed by atoms with van der Waals surface area (Å²) in [7, 11) is 1.94. The summed E-state index contributed by atoms with van der Waals surface area (Å²) < 4.78 is 16.2. The summed E-state index contributed by atoms with van der Waals surface area (Å²) in [5.41, 5.74) is 1.12. The number of likely N-dealkylation sites (tertiary alicyclic amines) is 1. The number of aliphatic hydroxyl groups excluding tert-OH is 1. The minimum Gasteiger partial charge on any atom is -0.480 e. The Bertz CT molecular complexity index is 1680. The molecule has 0 radical (unpaired) electrons. The molecule has 0 aliphatic carbocycles. The fourth-order valence-electron chi connectivity index (χ4n) is 7.30. The van der Waals surface area contributed by atoms with Crippen LogP contribution in [0.15, 0.2) is 29.6 Å². The summed E-state index contributed by atoms with van der Waals surface area (Å²) in [6.07, 6.45) is 4.23. The van der Waals surface area contributed by atoms with Crippen molar-refractivity contribution in [3.63, 3.8) is 0 Å². The number of piperidine rings is 1.